The maximum Gasteiger partial charge on any atom is 0.327 e. The number of halogens is 3. The zero-order valence-electron chi connectivity index (χ0n) is 50.6. The number of Topliss-reactive ketones (excluding diaryl/α,β-unsaturated/α-hetero) is 1. The van der Waals surface area contributed by atoms with Gasteiger partial charge in [-0.2, -0.15) is 8.61 Å². The molecule has 4 atom stereocenters. The largest absolute Gasteiger partial charge is 0.481 e. The number of carbonyl (C=O) groups is 5. The average molecular weight is 1430 g/mol. The van der Waals surface area contributed by atoms with E-state index >= 15 is 0 Å². The zero-order valence-corrected chi connectivity index (χ0v) is 56.1. The van der Waals surface area contributed by atoms with Crippen molar-refractivity contribution in [3.63, 3.8) is 0 Å². The number of para-hydroxylation sites is 2. The van der Waals surface area contributed by atoms with Crippen LogP contribution in [0.15, 0.2) is 198 Å². The summed E-state index contributed by atoms with van der Waals surface area (Å²) >= 11 is 18.0. The summed E-state index contributed by atoms with van der Waals surface area (Å²) < 4.78 is 105. The van der Waals surface area contributed by atoms with E-state index in [1.54, 1.807) is 140 Å². The highest BCUT2D eigenvalue weighted by molar-refractivity contribution is 7.95. The van der Waals surface area contributed by atoms with E-state index < -0.39 is 88.0 Å². The third-order valence-corrected chi connectivity index (χ3v) is 22.2. The highest BCUT2D eigenvalue weighted by atomic mass is 35.5. The van der Waals surface area contributed by atoms with Crippen LogP contribution in [0.1, 0.15) is 58.7 Å². The molecule has 3 heterocycles. The quantitative estimate of drug-likeness (QED) is 0.0519. The average Bonchev–Trinajstić information content (AvgIpc) is 1.78. The van der Waals surface area contributed by atoms with Crippen LogP contribution in [0.25, 0.3) is 18.2 Å². The molecule has 1 fully saturated rings. The first kappa shape index (κ1) is 73.9. The summed E-state index contributed by atoms with van der Waals surface area (Å²) in [5.74, 6) is -5.65. The molecule has 0 radical (unpaired) electrons. The number of ketones is 1. The van der Waals surface area contributed by atoms with Crippen LogP contribution in [0.5, 0.6) is 0 Å². The Morgan fingerprint density at radius 2 is 0.989 bits per heavy atom. The number of carboxylic acid groups (broad SMARTS) is 4. The normalized spacial score (nSPS) is 17.3. The highest BCUT2D eigenvalue weighted by Crippen LogP contribution is 2.36. The lowest BCUT2D eigenvalue weighted by Crippen LogP contribution is -2.47. The van der Waals surface area contributed by atoms with Gasteiger partial charge < -0.3 is 20.4 Å². The predicted molar refractivity (Wildman–Crippen MR) is 366 cm³/mol. The topological polar surface area (TPSA) is 316 Å². The van der Waals surface area contributed by atoms with Gasteiger partial charge in [0.25, 0.3) is 10.0 Å². The fourth-order valence-corrected chi connectivity index (χ4v) is 16.6. The van der Waals surface area contributed by atoms with Gasteiger partial charge in [0.05, 0.1) is 29.1 Å². The number of carbonyl (C=O) groups excluding carboxylic acids is 1. The lowest BCUT2D eigenvalue weighted by atomic mass is 9.96. The van der Waals surface area contributed by atoms with Crippen molar-refractivity contribution in [2.75, 3.05) is 27.5 Å². The molecule has 95 heavy (non-hydrogen) atoms. The van der Waals surface area contributed by atoms with Crippen molar-refractivity contribution in [1.82, 2.24) is 8.61 Å². The number of anilines is 2. The Balaban J connectivity index is 0.000000179. The number of hydrogen-bond donors (Lipinski definition) is 4. The molecule has 3 aliphatic rings. The van der Waals surface area contributed by atoms with E-state index in [1.807, 2.05) is 42.5 Å². The Morgan fingerprint density at radius 1 is 0.516 bits per heavy atom. The number of hydrogen-bond acceptors (Lipinski definition) is 13. The molecule has 4 unspecified atom stereocenters. The van der Waals surface area contributed by atoms with Gasteiger partial charge in [-0.05, 0) is 119 Å². The maximum absolute atomic E-state index is 12.8. The van der Waals surface area contributed by atoms with Crippen LogP contribution in [0.2, 0.25) is 15.1 Å². The minimum Gasteiger partial charge on any atom is -0.481 e. The van der Waals surface area contributed by atoms with Gasteiger partial charge in [0.2, 0.25) is 30.1 Å². The van der Waals surface area contributed by atoms with Gasteiger partial charge in [-0.25, -0.2) is 38.5 Å². The summed E-state index contributed by atoms with van der Waals surface area (Å²) in [5.41, 5.74) is 5.87. The Morgan fingerprint density at radius 3 is 1.55 bits per heavy atom. The van der Waals surface area contributed by atoms with Crippen LogP contribution < -0.4 is 8.61 Å². The van der Waals surface area contributed by atoms with Gasteiger partial charge in [0, 0.05) is 58.2 Å². The summed E-state index contributed by atoms with van der Waals surface area (Å²) in [4.78, 5) is 56.7. The van der Waals surface area contributed by atoms with Crippen LogP contribution >= 0.6 is 34.8 Å². The van der Waals surface area contributed by atoms with E-state index in [0.29, 0.717) is 37.6 Å². The second-order valence-corrected chi connectivity index (χ2v) is 30.1. The fraction of sp³-hybridized carbons (Fsp3) is 0.209. The van der Waals surface area contributed by atoms with Gasteiger partial charge in [-0.15, -0.1) is 0 Å². The third-order valence-electron chi connectivity index (χ3n) is 14.9. The minimum atomic E-state index is -4.02. The van der Waals surface area contributed by atoms with Crippen molar-refractivity contribution in [1.29, 1.82) is 0 Å². The molecular formula is C67H65Cl3N4O17S4. The van der Waals surface area contributed by atoms with E-state index in [9.17, 15) is 73.0 Å². The summed E-state index contributed by atoms with van der Waals surface area (Å²) in [6.45, 7) is 1.05. The van der Waals surface area contributed by atoms with E-state index in [2.05, 4.69) is 0 Å². The van der Waals surface area contributed by atoms with E-state index in [0.717, 1.165) is 61.3 Å². The van der Waals surface area contributed by atoms with Crippen LogP contribution in [0, 0.1) is 5.92 Å². The SMILES string of the molecule is CC(=O)CN(c1ccccc1)S(=O)(=O)/C=C/c1ccccc1Cl.O=C(O)C1Cc2ccccc2CN1S(=O)(=O)/C=C/c1ccccc1.O=C(O)C1Cc2ccccc2N1S(=O)(=O)CCc1ccccc1Cl.O=C(O)CC1CC(C(=O)O)N(S(=O)(=O)/C=C/c2ccccc2Cl)C1. The van der Waals surface area contributed by atoms with Crippen molar-refractivity contribution in [2.45, 2.75) is 63.7 Å². The number of aliphatic carboxylic acids is 4. The summed E-state index contributed by atoms with van der Waals surface area (Å²) in [6, 6.07) is 48.9. The number of aryl methyl sites for hydroxylation is 1. The molecule has 1 saturated heterocycles. The van der Waals surface area contributed by atoms with Crippen LogP contribution in [-0.2, 0) is 89.9 Å². The molecule has 0 saturated carbocycles. The second kappa shape index (κ2) is 33.3. The number of rotatable bonds is 21. The van der Waals surface area contributed by atoms with Crippen molar-refractivity contribution >= 4 is 134 Å². The zero-order chi connectivity index (χ0) is 69.3. The second-order valence-electron chi connectivity index (χ2n) is 21.7. The molecule has 0 bridgehead atoms. The third kappa shape index (κ3) is 20.5. The standard InChI is InChI=1S/C18H17NO4S.C17H16ClNO4S.C17H16ClNO3S.C15H16ClNO6S/c20-18(21)17-12-15-8-4-5-9-16(15)13-19(17)24(22,23)11-10-14-6-2-1-3-7-14;18-14-7-3-1-5-12(14)9-10-24(22,23)19-15-8-4-2-6-13(15)11-16(19)17(20)21;1-14(20)13-19(16-8-3-2-4-9-16)23(21,22)12-11-15-7-5-6-10-17(15)18;16-12-4-2-1-3-11(12)5-6-24(22,23)17-9-10(8-14(18)19)7-13(17)15(20)21/h1-11,17H,12-13H2,(H,20,21);1-8,16H,9-11H2,(H,20,21);2-12H,13H2,1H3;1-6,10,13H,7-9H2,(H,18,19)(H,20,21)/b11-10+;;12-11+;6-5+. The molecule has 500 valence electrons. The number of nitrogens with zero attached hydrogens (tertiary/aromatic N) is 4. The van der Waals surface area contributed by atoms with Crippen molar-refractivity contribution in [2.24, 2.45) is 5.92 Å². The highest BCUT2D eigenvalue weighted by Gasteiger charge is 2.44. The van der Waals surface area contributed by atoms with E-state index in [1.165, 1.54) is 25.2 Å². The first-order valence-corrected chi connectivity index (χ1v) is 36.2. The first-order valence-electron chi connectivity index (χ1n) is 29.0. The van der Waals surface area contributed by atoms with Crippen LogP contribution in [-0.4, -0.2) is 129 Å². The van der Waals surface area contributed by atoms with Crippen molar-refractivity contribution in [3.8, 4) is 0 Å². The molecule has 10 rings (SSSR count). The number of sulfonamides is 4. The van der Waals surface area contributed by atoms with Gasteiger partial charge in [-0.3, -0.25) is 27.8 Å². The molecule has 21 nitrogen and oxygen atoms in total. The Hall–Kier alpha value is -8.50. The summed E-state index contributed by atoms with van der Waals surface area (Å²) in [6.07, 6.45) is 4.47. The molecule has 0 aromatic heterocycles. The molecule has 4 N–H and O–H groups in total. The van der Waals surface area contributed by atoms with Gasteiger partial charge in [0.1, 0.15) is 23.9 Å². The van der Waals surface area contributed by atoms with Crippen LogP contribution in [0.3, 0.4) is 0 Å². The molecule has 0 amide bonds. The monoisotopic (exact) mass is 1430 g/mol. The van der Waals surface area contributed by atoms with Crippen molar-refractivity contribution < 1.29 is 78.1 Å². The fourth-order valence-electron chi connectivity index (χ4n) is 10.3. The van der Waals surface area contributed by atoms with Gasteiger partial charge in [0.15, 0.2) is 0 Å². The molecular weight excluding hydrogens is 1370 g/mol. The number of carboxylic acids is 4. The first-order chi connectivity index (χ1) is 45.0. The molecule has 0 spiro atoms. The number of benzene rings is 7. The lowest BCUT2D eigenvalue weighted by Gasteiger charge is -2.32. The lowest BCUT2D eigenvalue weighted by molar-refractivity contribution is -0.142. The van der Waals surface area contributed by atoms with Crippen molar-refractivity contribution in [3.05, 3.63) is 252 Å². The molecule has 28 heteroatoms. The molecule has 3 aliphatic heterocycles. The molecule has 0 aliphatic carbocycles. The molecule has 7 aromatic carbocycles. The Bertz CT molecular complexity index is 4490. The van der Waals surface area contributed by atoms with Gasteiger partial charge >= 0.3 is 23.9 Å². The summed E-state index contributed by atoms with van der Waals surface area (Å²) in [7, 11) is -15.5. The molecule has 7 aromatic rings. The van der Waals surface area contributed by atoms with Crippen LogP contribution in [0.4, 0.5) is 11.4 Å². The van der Waals surface area contributed by atoms with Gasteiger partial charge in [-0.1, -0.05) is 180 Å². The van der Waals surface area contributed by atoms with E-state index in [4.69, 9.17) is 39.9 Å². The Labute approximate surface area is 566 Å². The number of fused-ring (bicyclic) bond motifs is 2. The predicted octanol–water partition coefficient (Wildman–Crippen LogP) is 10.9. The minimum absolute atomic E-state index is 0.0270. The van der Waals surface area contributed by atoms with E-state index in [-0.39, 0.29) is 63.3 Å². The summed E-state index contributed by atoms with van der Waals surface area (Å²) in [5, 5.41) is 41.3. The maximum atomic E-state index is 12.8. The smallest absolute Gasteiger partial charge is 0.327 e. The Kier molecular flexibility index (Phi) is 25.9.